The van der Waals surface area contributed by atoms with Gasteiger partial charge in [-0.05, 0) is 55.7 Å². The van der Waals surface area contributed by atoms with Crippen molar-refractivity contribution in [1.82, 2.24) is 15.0 Å². The van der Waals surface area contributed by atoms with E-state index in [9.17, 15) is 18.7 Å². The van der Waals surface area contributed by atoms with Crippen LogP contribution in [0.3, 0.4) is 0 Å². The number of nitrogens with one attached hydrogen (secondary N) is 2. The summed E-state index contributed by atoms with van der Waals surface area (Å²) in [5.41, 5.74) is 3.22. The number of carboxylic acid groups (broad SMARTS) is 1. The topological polar surface area (TPSA) is 103 Å². The number of carboxylic acids is 1. The molecule has 0 radical (unpaired) electrons. The van der Waals surface area contributed by atoms with Gasteiger partial charge >= 0.3 is 5.97 Å². The summed E-state index contributed by atoms with van der Waals surface area (Å²) in [5, 5.41) is 13.9. The van der Waals surface area contributed by atoms with Crippen LogP contribution in [0.15, 0.2) is 48.7 Å². The summed E-state index contributed by atoms with van der Waals surface area (Å²) in [7, 11) is 0. The molecule has 3 aliphatic carbocycles. The molecule has 8 nitrogen and oxygen atoms in total. The van der Waals surface area contributed by atoms with Crippen molar-refractivity contribution in [3.8, 4) is 22.6 Å². The third-order valence-corrected chi connectivity index (χ3v) is 9.03. The Morgan fingerprint density at radius 1 is 1.00 bits per heavy atom. The molecule has 0 unspecified atom stereocenters. The first-order valence-electron chi connectivity index (χ1n) is 14.2. The Morgan fingerprint density at radius 2 is 1.73 bits per heavy atom. The van der Waals surface area contributed by atoms with Crippen molar-refractivity contribution < 1.29 is 23.4 Å². The van der Waals surface area contributed by atoms with E-state index >= 15 is 0 Å². The maximum absolute atomic E-state index is 14.5. The number of hydrogen-bond acceptors (Lipinski definition) is 6. The van der Waals surface area contributed by atoms with Crippen LogP contribution in [-0.2, 0) is 9.53 Å². The zero-order valence-corrected chi connectivity index (χ0v) is 22.4. The third kappa shape index (κ3) is 4.80. The lowest BCUT2D eigenvalue weighted by atomic mass is 9.61. The van der Waals surface area contributed by atoms with E-state index in [4.69, 9.17) is 14.7 Å². The number of halogens is 2. The summed E-state index contributed by atoms with van der Waals surface area (Å²) in [6.45, 7) is 3.04. The molecule has 0 amide bonds. The molecular formula is C31H31F2N5O3. The number of rotatable bonds is 6. The van der Waals surface area contributed by atoms with Crippen molar-refractivity contribution in [3.05, 3.63) is 60.3 Å². The maximum atomic E-state index is 14.5. The average molecular weight is 560 g/mol. The van der Waals surface area contributed by atoms with Gasteiger partial charge in [0.15, 0.2) is 5.82 Å². The number of H-pyrrole nitrogens is 1. The highest BCUT2D eigenvalue weighted by Gasteiger charge is 2.47. The van der Waals surface area contributed by atoms with Gasteiger partial charge in [0.25, 0.3) is 0 Å². The lowest BCUT2D eigenvalue weighted by Gasteiger charge is -2.47. The fourth-order valence-electron chi connectivity index (χ4n) is 6.98. The zero-order chi connectivity index (χ0) is 28.1. The van der Waals surface area contributed by atoms with E-state index in [2.05, 4.69) is 15.2 Å². The van der Waals surface area contributed by atoms with E-state index in [0.717, 1.165) is 56.1 Å². The Kier molecular flexibility index (Phi) is 6.57. The normalized spacial score (nSPS) is 24.1. The van der Waals surface area contributed by atoms with E-state index < -0.39 is 23.5 Å². The summed E-state index contributed by atoms with van der Waals surface area (Å²) in [6.07, 6.45) is 5.42. The molecule has 2 atom stereocenters. The molecule has 2 aromatic carbocycles. The highest BCUT2D eigenvalue weighted by molar-refractivity contribution is 5.94. The summed E-state index contributed by atoms with van der Waals surface area (Å²) < 4.78 is 34.2. The minimum Gasteiger partial charge on any atom is -0.481 e. The molecule has 8 rings (SSSR count). The first-order valence-corrected chi connectivity index (χ1v) is 14.2. The number of anilines is 2. The van der Waals surface area contributed by atoms with Crippen molar-refractivity contribution in [2.45, 2.75) is 31.7 Å². The van der Waals surface area contributed by atoms with E-state index in [1.807, 2.05) is 30.3 Å². The number of fused-ring (bicyclic) bond motifs is 4. The second-order valence-corrected chi connectivity index (χ2v) is 11.3. The fourth-order valence-corrected chi connectivity index (χ4v) is 6.98. The molecule has 4 aromatic rings. The number of aromatic nitrogens is 3. The van der Waals surface area contributed by atoms with Gasteiger partial charge in [0.2, 0.25) is 0 Å². The van der Waals surface area contributed by atoms with Gasteiger partial charge in [-0.1, -0.05) is 12.1 Å². The molecular weight excluding hydrogens is 528 g/mol. The first-order chi connectivity index (χ1) is 19.9. The second-order valence-electron chi connectivity index (χ2n) is 11.3. The Bertz CT molecular complexity index is 1590. The van der Waals surface area contributed by atoms with Crippen molar-refractivity contribution in [2.75, 3.05) is 36.5 Å². The molecule has 41 heavy (non-hydrogen) atoms. The largest absolute Gasteiger partial charge is 0.481 e. The minimum atomic E-state index is -0.785. The standard InChI is InChI=1S/C31H31F2N5O3/c32-20-13-22-23(16-34-29(22)24(33)14-20)30-35-25(17-5-7-21(8-6-17)38-9-11-41-12-10-38)15-26(37-30)36-28-19-3-1-18(2-4-19)27(28)31(39)40/h5-8,13-16,18-19,27-28,34H,1-4,9-12H2,(H,39,40)(H,35,36,37)/t18?,19?,27-,28-/m1/s1. The lowest BCUT2D eigenvalue weighted by Crippen LogP contribution is -2.51. The monoisotopic (exact) mass is 559 g/mol. The van der Waals surface area contributed by atoms with E-state index in [0.29, 0.717) is 41.5 Å². The van der Waals surface area contributed by atoms with Gasteiger partial charge in [0.1, 0.15) is 17.5 Å². The van der Waals surface area contributed by atoms with Crippen molar-refractivity contribution in [1.29, 1.82) is 0 Å². The van der Waals surface area contributed by atoms with Crippen LogP contribution in [0.4, 0.5) is 20.3 Å². The lowest BCUT2D eigenvalue weighted by molar-refractivity contribution is -0.148. The number of morpholine rings is 1. The van der Waals surface area contributed by atoms with Gasteiger partial charge in [0, 0.05) is 59.7 Å². The number of nitrogens with zero attached hydrogens (tertiary/aromatic N) is 3. The van der Waals surface area contributed by atoms with Gasteiger partial charge in [-0.15, -0.1) is 0 Å². The number of ether oxygens (including phenoxy) is 1. The Balaban J connectivity index is 1.30. The molecule has 3 saturated carbocycles. The molecule has 212 valence electrons. The van der Waals surface area contributed by atoms with Gasteiger partial charge in [-0.3, -0.25) is 4.79 Å². The molecule has 1 saturated heterocycles. The van der Waals surface area contributed by atoms with E-state index in [-0.39, 0.29) is 23.4 Å². The van der Waals surface area contributed by atoms with Crippen molar-refractivity contribution in [3.63, 3.8) is 0 Å². The molecule has 3 N–H and O–H groups in total. The molecule has 10 heteroatoms. The Hall–Kier alpha value is -4.05. The highest BCUT2D eigenvalue weighted by atomic mass is 19.1. The first kappa shape index (κ1) is 25.9. The van der Waals surface area contributed by atoms with Crippen LogP contribution in [0.1, 0.15) is 25.7 Å². The van der Waals surface area contributed by atoms with Crippen LogP contribution in [-0.4, -0.2) is 58.4 Å². The molecule has 1 aliphatic heterocycles. The molecule has 0 spiro atoms. The van der Waals surface area contributed by atoms with Gasteiger partial charge < -0.3 is 25.0 Å². The highest BCUT2D eigenvalue weighted by Crippen LogP contribution is 2.46. The van der Waals surface area contributed by atoms with Crippen LogP contribution >= 0.6 is 0 Å². The van der Waals surface area contributed by atoms with Gasteiger partial charge in [-0.25, -0.2) is 18.7 Å². The molecule has 4 fully saturated rings. The smallest absolute Gasteiger partial charge is 0.308 e. The predicted octanol–water partition coefficient (Wildman–Crippen LogP) is 5.71. The fraction of sp³-hybridized carbons (Fsp3) is 0.387. The van der Waals surface area contributed by atoms with Gasteiger partial charge in [0.05, 0.1) is 30.3 Å². The quantitative estimate of drug-likeness (QED) is 0.278. The van der Waals surface area contributed by atoms with Gasteiger partial charge in [-0.2, -0.15) is 0 Å². The van der Waals surface area contributed by atoms with Crippen LogP contribution in [0, 0.1) is 29.4 Å². The number of carbonyl (C=O) groups is 1. The van der Waals surface area contributed by atoms with Crippen LogP contribution in [0.2, 0.25) is 0 Å². The zero-order valence-electron chi connectivity index (χ0n) is 22.4. The van der Waals surface area contributed by atoms with E-state index in [1.165, 1.54) is 6.07 Å². The number of benzene rings is 2. The van der Waals surface area contributed by atoms with E-state index in [1.54, 1.807) is 6.20 Å². The molecule has 3 heterocycles. The van der Waals surface area contributed by atoms with Crippen molar-refractivity contribution in [2.24, 2.45) is 17.8 Å². The molecule has 2 aromatic heterocycles. The maximum Gasteiger partial charge on any atom is 0.308 e. The summed E-state index contributed by atoms with van der Waals surface area (Å²) in [5.74, 6) is -1.48. The molecule has 2 bridgehead atoms. The molecule has 4 aliphatic rings. The predicted molar refractivity (Wildman–Crippen MR) is 152 cm³/mol. The third-order valence-electron chi connectivity index (χ3n) is 9.03. The van der Waals surface area contributed by atoms with Crippen LogP contribution in [0.25, 0.3) is 33.5 Å². The summed E-state index contributed by atoms with van der Waals surface area (Å²) in [6, 6.07) is 11.8. The Labute approximate surface area is 235 Å². The Morgan fingerprint density at radius 3 is 2.46 bits per heavy atom. The van der Waals surface area contributed by atoms with Crippen molar-refractivity contribution >= 4 is 28.4 Å². The van der Waals surface area contributed by atoms with Crippen LogP contribution < -0.4 is 10.2 Å². The number of hydrogen-bond donors (Lipinski definition) is 3. The van der Waals surface area contributed by atoms with Crippen LogP contribution in [0.5, 0.6) is 0 Å². The average Bonchev–Trinajstić information content (AvgIpc) is 3.42. The number of aromatic amines is 1. The summed E-state index contributed by atoms with van der Waals surface area (Å²) >= 11 is 0. The summed E-state index contributed by atoms with van der Waals surface area (Å²) in [4.78, 5) is 27.1. The number of aliphatic carboxylic acids is 1. The second kappa shape index (κ2) is 10.4. The minimum absolute atomic E-state index is 0.142. The SMILES string of the molecule is O=C(O)[C@@H]1C2CCC(CC2)[C@H]1Nc1cc(-c2ccc(N3CCOCC3)cc2)nc(-c2c[nH]c3c(F)cc(F)cc23)n1.